The van der Waals surface area contributed by atoms with Crippen LogP contribution in [0.15, 0.2) is 11.6 Å². The fourth-order valence-electron chi connectivity index (χ4n) is 8.29. The molecule has 186 valence electrons. The summed E-state index contributed by atoms with van der Waals surface area (Å²) in [6.45, 7) is 5.89. The lowest BCUT2D eigenvalue weighted by molar-refractivity contribution is -0.243. The van der Waals surface area contributed by atoms with Gasteiger partial charge in [-0.3, -0.25) is 14.4 Å². The molecule has 0 amide bonds. The summed E-state index contributed by atoms with van der Waals surface area (Å²) < 4.78 is 17.6. The Hall–Kier alpha value is -1.86. The van der Waals surface area contributed by atoms with E-state index in [0.717, 1.165) is 44.1 Å². The average molecular weight is 473 g/mol. The predicted molar refractivity (Wildman–Crippen MR) is 122 cm³/mol. The Kier molecular flexibility index (Phi) is 5.87. The molecular formula is C27H36O7. The Bertz CT molecular complexity index is 953. The lowest BCUT2D eigenvalue weighted by Gasteiger charge is -2.59. The molecule has 3 saturated carbocycles. The van der Waals surface area contributed by atoms with Crippen LogP contribution in [-0.2, 0) is 33.4 Å². The van der Waals surface area contributed by atoms with Crippen LogP contribution in [-0.4, -0.2) is 48.4 Å². The van der Waals surface area contributed by atoms with Gasteiger partial charge in [0.25, 0.3) is 0 Å². The number of fused-ring (bicyclic) bond motifs is 6. The van der Waals surface area contributed by atoms with Crippen molar-refractivity contribution in [2.24, 2.45) is 28.6 Å². The number of hydrogen-bond donors (Lipinski definition) is 0. The summed E-state index contributed by atoms with van der Waals surface area (Å²) in [6, 6.07) is 0. The van der Waals surface area contributed by atoms with Crippen molar-refractivity contribution in [2.45, 2.75) is 90.4 Å². The Morgan fingerprint density at radius 2 is 1.76 bits per heavy atom. The molecule has 4 fully saturated rings. The molecule has 0 aromatic carbocycles. The summed E-state index contributed by atoms with van der Waals surface area (Å²) in [7, 11) is 0. The van der Waals surface area contributed by atoms with E-state index < -0.39 is 23.3 Å². The minimum absolute atomic E-state index is 0.156. The van der Waals surface area contributed by atoms with Crippen molar-refractivity contribution >= 4 is 23.3 Å². The molecule has 7 nitrogen and oxygen atoms in total. The smallest absolute Gasteiger partial charge is 0.332 e. The zero-order valence-corrected chi connectivity index (χ0v) is 20.5. The van der Waals surface area contributed by atoms with Gasteiger partial charge in [0, 0.05) is 11.8 Å². The molecule has 1 unspecified atom stereocenters. The molecule has 1 heterocycles. The lowest BCUT2D eigenvalue weighted by atomic mass is 9.46. The van der Waals surface area contributed by atoms with Gasteiger partial charge < -0.3 is 14.2 Å². The molecule has 0 aromatic rings. The fraction of sp³-hybridized carbons (Fsp3) is 0.778. The molecule has 1 saturated heterocycles. The molecule has 34 heavy (non-hydrogen) atoms. The highest BCUT2D eigenvalue weighted by Crippen LogP contribution is 2.68. The van der Waals surface area contributed by atoms with Crippen molar-refractivity contribution in [3.8, 4) is 0 Å². The molecule has 0 bridgehead atoms. The molecule has 1 spiro atoms. The van der Waals surface area contributed by atoms with Crippen LogP contribution in [0.25, 0.3) is 0 Å². The van der Waals surface area contributed by atoms with E-state index >= 15 is 0 Å². The number of ketones is 3. The zero-order chi connectivity index (χ0) is 24.3. The maximum absolute atomic E-state index is 13.7. The third-order valence-electron chi connectivity index (χ3n) is 10.0. The van der Waals surface area contributed by atoms with Gasteiger partial charge in [-0.05, 0) is 74.2 Å². The van der Waals surface area contributed by atoms with E-state index in [1.165, 1.54) is 0 Å². The molecule has 0 aromatic heterocycles. The van der Waals surface area contributed by atoms with Gasteiger partial charge in [-0.1, -0.05) is 32.8 Å². The molecule has 5 aliphatic rings. The third-order valence-corrected chi connectivity index (χ3v) is 10.0. The molecule has 7 heteroatoms. The van der Waals surface area contributed by atoms with Gasteiger partial charge in [-0.2, -0.15) is 0 Å². The second-order valence-electron chi connectivity index (χ2n) is 11.5. The van der Waals surface area contributed by atoms with E-state index in [1.54, 1.807) is 6.08 Å². The number of Topliss-reactive ketones (excluding diaryl/α,β-unsaturated/α-hetero) is 2. The molecule has 0 radical (unpaired) electrons. The van der Waals surface area contributed by atoms with E-state index in [2.05, 4.69) is 13.8 Å². The van der Waals surface area contributed by atoms with Gasteiger partial charge in [0.15, 0.2) is 12.9 Å². The van der Waals surface area contributed by atoms with Gasteiger partial charge in [-0.15, -0.1) is 0 Å². The molecule has 4 aliphatic carbocycles. The number of allylic oxidation sites excluding steroid dienone is 1. The number of carbonyl (C=O) groups excluding carboxylic acids is 4. The van der Waals surface area contributed by atoms with Crippen molar-refractivity contribution in [3.63, 3.8) is 0 Å². The van der Waals surface area contributed by atoms with E-state index in [1.807, 2.05) is 6.92 Å². The number of ether oxygens (including phenoxy) is 3. The largest absolute Gasteiger partial charge is 0.456 e. The first-order valence-electron chi connectivity index (χ1n) is 12.9. The first-order chi connectivity index (χ1) is 16.1. The van der Waals surface area contributed by atoms with Crippen LogP contribution in [0.4, 0.5) is 0 Å². The summed E-state index contributed by atoms with van der Waals surface area (Å²) in [4.78, 5) is 50.2. The quantitative estimate of drug-likeness (QED) is 0.446. The van der Waals surface area contributed by atoms with Gasteiger partial charge in [0.1, 0.15) is 12.2 Å². The topological polar surface area (TPSA) is 96.0 Å². The van der Waals surface area contributed by atoms with Crippen LogP contribution in [0.1, 0.15) is 78.6 Å². The highest BCUT2D eigenvalue weighted by atomic mass is 16.7. The van der Waals surface area contributed by atoms with Gasteiger partial charge in [0.2, 0.25) is 17.3 Å². The Labute approximate surface area is 200 Å². The van der Waals surface area contributed by atoms with Crippen LogP contribution in [0, 0.1) is 28.6 Å². The normalized spacial score (nSPS) is 44.9. The summed E-state index contributed by atoms with van der Waals surface area (Å²) in [6.07, 6.45) is 7.62. The van der Waals surface area contributed by atoms with Gasteiger partial charge in [0.05, 0.1) is 0 Å². The van der Waals surface area contributed by atoms with Crippen molar-refractivity contribution in [3.05, 3.63) is 11.6 Å². The van der Waals surface area contributed by atoms with Crippen molar-refractivity contribution in [2.75, 3.05) is 13.2 Å². The molecule has 1 aliphatic heterocycles. The third kappa shape index (κ3) is 3.37. The summed E-state index contributed by atoms with van der Waals surface area (Å²) in [5, 5.41) is 0. The average Bonchev–Trinajstić information content (AvgIpc) is 3.12. The van der Waals surface area contributed by atoms with Crippen molar-refractivity contribution in [1.29, 1.82) is 0 Å². The summed E-state index contributed by atoms with van der Waals surface area (Å²) >= 11 is 0. The fourth-order valence-corrected chi connectivity index (χ4v) is 8.29. The number of hydrogen-bond acceptors (Lipinski definition) is 7. The monoisotopic (exact) mass is 472 g/mol. The van der Waals surface area contributed by atoms with Crippen LogP contribution in [0.3, 0.4) is 0 Å². The number of cyclic esters (lactones) is 1. The predicted octanol–water partition coefficient (Wildman–Crippen LogP) is 3.72. The van der Waals surface area contributed by atoms with E-state index in [4.69, 9.17) is 14.2 Å². The van der Waals surface area contributed by atoms with Crippen LogP contribution >= 0.6 is 0 Å². The maximum atomic E-state index is 13.7. The summed E-state index contributed by atoms with van der Waals surface area (Å²) in [5.74, 6) is -0.388. The van der Waals surface area contributed by atoms with Crippen LogP contribution in [0.2, 0.25) is 0 Å². The van der Waals surface area contributed by atoms with Crippen molar-refractivity contribution < 1.29 is 33.4 Å². The van der Waals surface area contributed by atoms with Gasteiger partial charge >= 0.3 is 5.97 Å². The maximum Gasteiger partial charge on any atom is 0.332 e. The number of carbonyl (C=O) groups is 4. The van der Waals surface area contributed by atoms with Crippen LogP contribution < -0.4 is 0 Å². The van der Waals surface area contributed by atoms with Crippen LogP contribution in [0.5, 0.6) is 0 Å². The summed E-state index contributed by atoms with van der Waals surface area (Å²) in [5.41, 5.74) is -0.587. The second kappa shape index (κ2) is 8.37. The van der Waals surface area contributed by atoms with Crippen molar-refractivity contribution in [1.82, 2.24) is 0 Å². The van der Waals surface area contributed by atoms with E-state index in [-0.39, 0.29) is 41.9 Å². The zero-order valence-electron chi connectivity index (χ0n) is 20.5. The molecule has 7 atom stereocenters. The Morgan fingerprint density at radius 3 is 2.53 bits per heavy atom. The standard InChI is InChI=1S/C27H36O7/c1-4-5-24-33-15-23(31)32-14-22(30)27(34-24)11-9-19-17-7-6-16-12-20(28)21(29)13-25(16,2)18(17)8-10-26(19,27)3/h12,17-19,24H,4-11,13-15H2,1-3H3/t17-,18+,19+,24?,25+,26+,27+/m1/s1. The van der Waals surface area contributed by atoms with E-state index in [0.29, 0.717) is 31.1 Å². The minimum Gasteiger partial charge on any atom is -0.456 e. The Balaban J connectivity index is 1.49. The lowest BCUT2D eigenvalue weighted by Crippen LogP contribution is -2.60. The molecule has 0 N–H and O–H groups in total. The number of rotatable bonds is 2. The number of esters is 1. The Morgan fingerprint density at radius 1 is 1.00 bits per heavy atom. The minimum atomic E-state index is -1.04. The van der Waals surface area contributed by atoms with E-state index in [9.17, 15) is 19.2 Å². The highest BCUT2D eigenvalue weighted by molar-refractivity contribution is 6.42. The first kappa shape index (κ1) is 23.9. The SMILES string of the molecule is CCCC1OCC(=O)OCC(=O)[C@]2(CC[C@H]3[C@@H]4CCC5=CC(=O)C(=O)C[C@]5(C)[C@H]4CC[C@@]32C)O1. The molecule has 5 rings (SSSR count). The van der Waals surface area contributed by atoms with Gasteiger partial charge in [-0.25, -0.2) is 4.79 Å². The first-order valence-corrected chi connectivity index (χ1v) is 12.9. The molecular weight excluding hydrogens is 436 g/mol. The second-order valence-corrected chi connectivity index (χ2v) is 11.5. The highest BCUT2D eigenvalue weighted by Gasteiger charge is 2.68.